The van der Waals surface area contributed by atoms with Gasteiger partial charge in [0.05, 0.1) is 17.8 Å². The minimum atomic E-state index is -4.78. The number of esters is 1. The van der Waals surface area contributed by atoms with Gasteiger partial charge in [-0.3, -0.25) is 0 Å². The van der Waals surface area contributed by atoms with E-state index in [2.05, 4.69) is 9.47 Å². The average Bonchev–Trinajstić information content (AvgIpc) is 2.76. The number of halogens is 3. The molecule has 0 unspecified atom stereocenters. The molecule has 0 amide bonds. The molecule has 0 atom stereocenters. The summed E-state index contributed by atoms with van der Waals surface area (Å²) in [5.41, 5.74) is 1.70. The molecule has 9 heteroatoms. The molecule has 0 spiro atoms. The number of alkyl halides is 3. The normalized spacial score (nSPS) is 15.8. The maximum Gasteiger partial charge on any atom is 0.573 e. The highest BCUT2D eigenvalue weighted by Gasteiger charge is 2.31. The summed E-state index contributed by atoms with van der Waals surface area (Å²) >= 11 is 0. The quantitative estimate of drug-likeness (QED) is 0.713. The van der Waals surface area contributed by atoms with Gasteiger partial charge in [-0.05, 0) is 53.5 Å². The van der Waals surface area contributed by atoms with Gasteiger partial charge in [-0.15, -0.1) is 13.2 Å². The van der Waals surface area contributed by atoms with Crippen LogP contribution in [0, 0.1) is 0 Å². The smallest absolute Gasteiger partial charge is 0.466 e. The Morgan fingerprint density at radius 3 is 2.29 bits per heavy atom. The van der Waals surface area contributed by atoms with Crippen LogP contribution < -0.4 is 4.74 Å². The molecule has 0 aromatic heterocycles. The SMILES string of the molecule is COC(=O)C1=Cc2cc(-c3ccc(OC(F)(F)F)cc3)ccc2S(=O)(=O)CC1. The molecule has 5 nitrogen and oxygen atoms in total. The minimum absolute atomic E-state index is 0.0303. The Kier molecular flexibility index (Phi) is 5.20. The van der Waals surface area contributed by atoms with Gasteiger partial charge < -0.3 is 9.47 Å². The van der Waals surface area contributed by atoms with Crippen LogP contribution in [-0.4, -0.2) is 33.6 Å². The van der Waals surface area contributed by atoms with Crippen LogP contribution in [0.5, 0.6) is 5.75 Å². The van der Waals surface area contributed by atoms with Crippen molar-refractivity contribution in [3.63, 3.8) is 0 Å². The van der Waals surface area contributed by atoms with Gasteiger partial charge in [-0.25, -0.2) is 13.2 Å². The second-order valence-electron chi connectivity index (χ2n) is 6.05. The summed E-state index contributed by atoms with van der Waals surface area (Å²) in [5, 5.41) is 0. The van der Waals surface area contributed by atoms with E-state index in [1.807, 2.05) is 0 Å². The molecule has 0 radical (unpaired) electrons. The highest BCUT2D eigenvalue weighted by Crippen LogP contribution is 2.32. The van der Waals surface area contributed by atoms with E-state index in [1.54, 1.807) is 12.1 Å². The molecular weight excluding hydrogens is 397 g/mol. The number of fused-ring (bicyclic) bond motifs is 1. The number of hydrogen-bond donors (Lipinski definition) is 0. The Hall–Kier alpha value is -2.81. The predicted molar refractivity (Wildman–Crippen MR) is 95.2 cm³/mol. The zero-order valence-corrected chi connectivity index (χ0v) is 15.4. The summed E-state index contributed by atoms with van der Waals surface area (Å²) in [6.07, 6.45) is -3.28. The fraction of sp³-hybridized carbons (Fsp3) is 0.211. The Balaban J connectivity index is 2.02. The molecular formula is C19H15F3O5S. The average molecular weight is 412 g/mol. The fourth-order valence-electron chi connectivity index (χ4n) is 2.88. The molecule has 3 rings (SSSR count). The predicted octanol–water partition coefficient (Wildman–Crippen LogP) is 3.99. The van der Waals surface area contributed by atoms with Crippen LogP contribution in [-0.2, 0) is 19.4 Å². The van der Waals surface area contributed by atoms with E-state index < -0.39 is 22.2 Å². The van der Waals surface area contributed by atoms with E-state index in [0.717, 1.165) is 0 Å². The Morgan fingerprint density at radius 1 is 1.04 bits per heavy atom. The first-order valence-corrected chi connectivity index (χ1v) is 9.76. The third-order valence-corrected chi connectivity index (χ3v) is 5.97. The summed E-state index contributed by atoms with van der Waals surface area (Å²) in [5.74, 6) is -1.19. The number of benzene rings is 2. The molecule has 0 aliphatic carbocycles. The number of rotatable bonds is 3. The fourth-order valence-corrected chi connectivity index (χ4v) is 4.34. The zero-order valence-electron chi connectivity index (χ0n) is 14.6. The third-order valence-electron chi connectivity index (χ3n) is 4.18. The Morgan fingerprint density at radius 2 is 1.68 bits per heavy atom. The van der Waals surface area contributed by atoms with Gasteiger partial charge in [0.1, 0.15) is 5.75 Å². The molecule has 28 heavy (non-hydrogen) atoms. The van der Waals surface area contributed by atoms with E-state index in [-0.39, 0.29) is 28.4 Å². The maximum absolute atomic E-state index is 12.5. The maximum atomic E-state index is 12.5. The van der Waals surface area contributed by atoms with E-state index in [9.17, 15) is 26.4 Å². The molecule has 0 N–H and O–H groups in total. The molecule has 2 aromatic carbocycles. The number of sulfone groups is 1. The lowest BCUT2D eigenvalue weighted by atomic mass is 10.0. The van der Waals surface area contributed by atoms with E-state index in [4.69, 9.17) is 0 Å². The van der Waals surface area contributed by atoms with Crippen molar-refractivity contribution in [2.45, 2.75) is 17.7 Å². The summed E-state index contributed by atoms with van der Waals surface area (Å²) in [6.45, 7) is 0. The van der Waals surface area contributed by atoms with Crippen molar-refractivity contribution in [3.8, 4) is 16.9 Å². The van der Waals surface area contributed by atoms with Crippen molar-refractivity contribution in [1.82, 2.24) is 0 Å². The summed E-state index contributed by atoms with van der Waals surface area (Å²) in [6, 6.07) is 9.75. The van der Waals surface area contributed by atoms with E-state index >= 15 is 0 Å². The lowest BCUT2D eigenvalue weighted by molar-refractivity contribution is -0.274. The number of ether oxygens (including phenoxy) is 2. The first-order valence-electron chi connectivity index (χ1n) is 8.11. The molecule has 1 aliphatic rings. The van der Waals surface area contributed by atoms with Crippen LogP contribution in [0.15, 0.2) is 52.9 Å². The number of carbonyl (C=O) groups is 1. The van der Waals surface area contributed by atoms with Crippen LogP contribution in [0.1, 0.15) is 12.0 Å². The van der Waals surface area contributed by atoms with Crippen molar-refractivity contribution in [2.24, 2.45) is 0 Å². The lowest BCUT2D eigenvalue weighted by Crippen LogP contribution is -2.16. The minimum Gasteiger partial charge on any atom is -0.466 e. The van der Waals surface area contributed by atoms with Crippen LogP contribution in [0.25, 0.3) is 17.2 Å². The highest BCUT2D eigenvalue weighted by atomic mass is 32.2. The Bertz CT molecular complexity index is 1040. The molecule has 148 valence electrons. The van der Waals surface area contributed by atoms with Crippen LogP contribution in [0.4, 0.5) is 13.2 Å². The van der Waals surface area contributed by atoms with Crippen molar-refractivity contribution < 1.29 is 35.9 Å². The van der Waals surface area contributed by atoms with Crippen molar-refractivity contribution in [2.75, 3.05) is 12.9 Å². The monoisotopic (exact) mass is 412 g/mol. The first-order chi connectivity index (χ1) is 13.1. The van der Waals surface area contributed by atoms with Gasteiger partial charge in [-0.1, -0.05) is 18.2 Å². The van der Waals surface area contributed by atoms with Crippen molar-refractivity contribution >= 4 is 21.9 Å². The van der Waals surface area contributed by atoms with Crippen LogP contribution in [0.3, 0.4) is 0 Å². The van der Waals surface area contributed by atoms with Crippen molar-refractivity contribution in [1.29, 1.82) is 0 Å². The van der Waals surface area contributed by atoms with E-state index in [0.29, 0.717) is 16.7 Å². The number of methoxy groups -OCH3 is 1. The largest absolute Gasteiger partial charge is 0.573 e. The number of carbonyl (C=O) groups excluding carboxylic acids is 1. The van der Waals surface area contributed by atoms with Gasteiger partial charge in [0, 0.05) is 5.57 Å². The summed E-state index contributed by atoms with van der Waals surface area (Å²) < 4.78 is 70.3. The van der Waals surface area contributed by atoms with Gasteiger partial charge >= 0.3 is 12.3 Å². The van der Waals surface area contributed by atoms with Crippen molar-refractivity contribution in [3.05, 3.63) is 53.6 Å². The van der Waals surface area contributed by atoms with Crippen LogP contribution in [0.2, 0.25) is 0 Å². The lowest BCUT2D eigenvalue weighted by Gasteiger charge is -2.11. The van der Waals surface area contributed by atoms with Gasteiger partial charge in [-0.2, -0.15) is 0 Å². The molecule has 0 bridgehead atoms. The molecule has 1 aliphatic heterocycles. The van der Waals surface area contributed by atoms with Gasteiger partial charge in [0.15, 0.2) is 9.84 Å². The molecule has 0 saturated carbocycles. The van der Waals surface area contributed by atoms with Crippen LogP contribution >= 0.6 is 0 Å². The first kappa shape index (κ1) is 19.9. The molecule has 0 fully saturated rings. The zero-order chi connectivity index (χ0) is 20.5. The summed E-state index contributed by atoms with van der Waals surface area (Å²) in [4.78, 5) is 11.9. The van der Waals surface area contributed by atoms with Gasteiger partial charge in [0.25, 0.3) is 0 Å². The van der Waals surface area contributed by atoms with Gasteiger partial charge in [0.2, 0.25) is 0 Å². The molecule has 2 aromatic rings. The second kappa shape index (κ2) is 7.31. The number of hydrogen-bond acceptors (Lipinski definition) is 5. The van der Waals surface area contributed by atoms with E-state index in [1.165, 1.54) is 43.5 Å². The molecule has 0 saturated heterocycles. The standard InChI is InChI=1S/C19H15F3O5S/c1-26-18(23)14-8-9-28(24,25)17-7-4-13(10-15(17)11-14)12-2-5-16(6-3-12)27-19(20,21)22/h2-7,10-11H,8-9H2,1H3. The Labute approximate surface area is 159 Å². The second-order valence-corrected chi connectivity index (χ2v) is 8.13. The molecule has 1 heterocycles. The summed E-state index contributed by atoms with van der Waals surface area (Å²) in [7, 11) is -2.37. The third kappa shape index (κ3) is 4.36. The topological polar surface area (TPSA) is 69.7 Å². The highest BCUT2D eigenvalue weighted by molar-refractivity contribution is 7.91.